The van der Waals surface area contributed by atoms with E-state index in [0.29, 0.717) is 6.54 Å². The van der Waals surface area contributed by atoms with Crippen LogP contribution in [0.25, 0.3) is 6.08 Å². The summed E-state index contributed by atoms with van der Waals surface area (Å²) in [6, 6.07) is 11.6. The van der Waals surface area contributed by atoms with E-state index in [4.69, 9.17) is 4.74 Å². The topological polar surface area (TPSA) is 38.3 Å². The van der Waals surface area contributed by atoms with Crippen molar-refractivity contribution < 1.29 is 9.53 Å². The predicted molar refractivity (Wildman–Crippen MR) is 85.7 cm³/mol. The molecule has 3 nitrogen and oxygen atoms in total. The number of hydrogen-bond donors (Lipinski definition) is 1. The molecule has 0 saturated heterocycles. The van der Waals surface area contributed by atoms with Crippen LogP contribution in [0.2, 0.25) is 0 Å². The molecule has 0 radical (unpaired) electrons. The van der Waals surface area contributed by atoms with E-state index >= 15 is 0 Å². The molecule has 2 aromatic rings. The van der Waals surface area contributed by atoms with Gasteiger partial charge in [0.1, 0.15) is 6.61 Å². The molecule has 1 amide bonds. The maximum absolute atomic E-state index is 11.5. The summed E-state index contributed by atoms with van der Waals surface area (Å²) in [5.41, 5.74) is 0.973. The molecule has 0 saturated carbocycles. The van der Waals surface area contributed by atoms with Crippen molar-refractivity contribution >= 4 is 39.4 Å². The molecule has 1 aromatic carbocycles. The van der Waals surface area contributed by atoms with Gasteiger partial charge in [-0.05, 0) is 39.0 Å². The van der Waals surface area contributed by atoms with E-state index in [1.165, 1.54) is 0 Å². The van der Waals surface area contributed by atoms with E-state index in [9.17, 15) is 4.79 Å². The maximum Gasteiger partial charge on any atom is 0.407 e. The fourth-order valence-electron chi connectivity index (χ4n) is 1.51. The van der Waals surface area contributed by atoms with Gasteiger partial charge in [-0.3, -0.25) is 0 Å². The summed E-state index contributed by atoms with van der Waals surface area (Å²) in [6.07, 6.45) is 3.44. The molecule has 104 valence electrons. The number of amides is 1. The molecule has 1 heterocycles. The van der Waals surface area contributed by atoms with Crippen molar-refractivity contribution in [3.05, 3.63) is 62.8 Å². The van der Waals surface area contributed by atoms with Gasteiger partial charge in [0, 0.05) is 15.9 Å². The van der Waals surface area contributed by atoms with Crippen molar-refractivity contribution in [2.24, 2.45) is 0 Å². The maximum atomic E-state index is 11.5. The number of halogens is 1. The predicted octanol–water partition coefficient (Wildman–Crippen LogP) is 4.45. The zero-order chi connectivity index (χ0) is 14.2. The number of carbonyl (C=O) groups excluding carboxylic acids is 1. The first-order valence-corrected chi connectivity index (χ1v) is 7.77. The van der Waals surface area contributed by atoms with Crippen LogP contribution < -0.4 is 5.32 Å². The minimum atomic E-state index is -0.413. The molecular formula is C15H14BrNO2S. The van der Waals surface area contributed by atoms with E-state index < -0.39 is 6.09 Å². The first-order valence-electron chi connectivity index (χ1n) is 6.10. The van der Waals surface area contributed by atoms with Gasteiger partial charge in [-0.25, -0.2) is 4.79 Å². The summed E-state index contributed by atoms with van der Waals surface area (Å²) < 4.78 is 6.16. The van der Waals surface area contributed by atoms with Crippen LogP contribution in [0.4, 0.5) is 4.79 Å². The van der Waals surface area contributed by atoms with Gasteiger partial charge in [0.25, 0.3) is 0 Å². The number of hydrogen-bond acceptors (Lipinski definition) is 3. The van der Waals surface area contributed by atoms with Crippen molar-refractivity contribution in [2.45, 2.75) is 6.61 Å². The zero-order valence-corrected chi connectivity index (χ0v) is 13.1. The highest BCUT2D eigenvalue weighted by Gasteiger charge is 2.00. The monoisotopic (exact) mass is 351 g/mol. The van der Waals surface area contributed by atoms with Gasteiger partial charge < -0.3 is 10.1 Å². The van der Waals surface area contributed by atoms with Gasteiger partial charge in [-0.2, -0.15) is 0 Å². The first-order chi connectivity index (χ1) is 9.75. The molecule has 0 aliphatic carbocycles. The number of thiophene rings is 1. The molecule has 20 heavy (non-hydrogen) atoms. The Kier molecular flexibility index (Phi) is 5.83. The summed E-state index contributed by atoms with van der Waals surface area (Å²) in [6.45, 7) is 0.727. The number of benzene rings is 1. The molecule has 1 N–H and O–H groups in total. The Bertz CT molecular complexity index is 581. The summed E-state index contributed by atoms with van der Waals surface area (Å²) in [5, 5.41) is 4.68. The summed E-state index contributed by atoms with van der Waals surface area (Å²) in [4.78, 5) is 12.6. The molecule has 0 aliphatic rings. The van der Waals surface area contributed by atoms with Crippen molar-refractivity contribution in [2.75, 3.05) is 6.54 Å². The second kappa shape index (κ2) is 7.87. The van der Waals surface area contributed by atoms with Crippen LogP contribution in [0, 0.1) is 0 Å². The minimum absolute atomic E-state index is 0.285. The molecule has 1 aromatic heterocycles. The van der Waals surface area contributed by atoms with E-state index in [1.54, 1.807) is 11.3 Å². The fraction of sp³-hybridized carbons (Fsp3) is 0.133. The Labute approximate surface area is 130 Å². The van der Waals surface area contributed by atoms with E-state index in [1.807, 2.05) is 53.9 Å². The van der Waals surface area contributed by atoms with Gasteiger partial charge in [-0.15, -0.1) is 11.3 Å². The number of rotatable bonds is 5. The number of ether oxygens (including phenoxy) is 1. The Morgan fingerprint density at radius 1 is 1.30 bits per heavy atom. The Hall–Kier alpha value is -1.59. The summed E-state index contributed by atoms with van der Waals surface area (Å²) in [7, 11) is 0. The molecule has 0 fully saturated rings. The van der Waals surface area contributed by atoms with Gasteiger partial charge in [0.15, 0.2) is 0 Å². The average Bonchev–Trinajstić information content (AvgIpc) is 2.88. The van der Waals surface area contributed by atoms with Crippen molar-refractivity contribution in [3.8, 4) is 0 Å². The highest BCUT2D eigenvalue weighted by Crippen LogP contribution is 2.23. The van der Waals surface area contributed by atoms with Crippen molar-refractivity contribution in [1.82, 2.24) is 5.32 Å². The van der Waals surface area contributed by atoms with Crippen molar-refractivity contribution in [3.63, 3.8) is 0 Å². The van der Waals surface area contributed by atoms with Crippen LogP contribution in [-0.4, -0.2) is 12.6 Å². The number of carbonyl (C=O) groups is 1. The van der Waals surface area contributed by atoms with Crippen molar-refractivity contribution in [1.29, 1.82) is 0 Å². The number of nitrogens with one attached hydrogen (secondary N) is 1. The zero-order valence-electron chi connectivity index (χ0n) is 10.7. The third-order valence-electron chi connectivity index (χ3n) is 2.49. The highest BCUT2D eigenvalue weighted by atomic mass is 79.9. The summed E-state index contributed by atoms with van der Waals surface area (Å²) in [5.74, 6) is 0. The Morgan fingerprint density at radius 2 is 2.10 bits per heavy atom. The molecule has 0 spiro atoms. The van der Waals surface area contributed by atoms with Crippen LogP contribution in [0.1, 0.15) is 10.4 Å². The quantitative estimate of drug-likeness (QED) is 0.863. The lowest BCUT2D eigenvalue weighted by Gasteiger charge is -2.05. The lowest BCUT2D eigenvalue weighted by Crippen LogP contribution is -2.24. The summed E-state index contributed by atoms with van der Waals surface area (Å²) >= 11 is 5.08. The lowest BCUT2D eigenvalue weighted by molar-refractivity contribution is 0.141. The van der Waals surface area contributed by atoms with E-state index in [2.05, 4.69) is 21.2 Å². The second-order valence-corrected chi connectivity index (χ2v) is 5.78. The third kappa shape index (κ3) is 4.83. The Balaban J connectivity index is 1.68. The van der Waals surface area contributed by atoms with E-state index in [0.717, 1.165) is 14.9 Å². The van der Waals surface area contributed by atoms with Gasteiger partial charge in [0.05, 0.1) is 0 Å². The number of alkyl carbamates (subject to hydrolysis) is 1. The van der Waals surface area contributed by atoms with Gasteiger partial charge in [-0.1, -0.05) is 36.4 Å². The molecular weight excluding hydrogens is 338 g/mol. The Morgan fingerprint density at radius 3 is 2.80 bits per heavy atom. The largest absolute Gasteiger partial charge is 0.445 e. The third-order valence-corrected chi connectivity index (χ3v) is 4.33. The van der Waals surface area contributed by atoms with Gasteiger partial charge in [0.2, 0.25) is 0 Å². The smallest absolute Gasteiger partial charge is 0.407 e. The average molecular weight is 352 g/mol. The highest BCUT2D eigenvalue weighted by molar-refractivity contribution is 9.10. The molecule has 0 atom stereocenters. The molecule has 2 rings (SSSR count). The minimum Gasteiger partial charge on any atom is -0.445 e. The standard InChI is InChI=1S/C15H14BrNO2S/c16-13-8-10-20-14(13)7-4-9-17-15(18)19-11-12-5-2-1-3-6-12/h1-8,10H,9,11H2,(H,17,18). The fourth-order valence-corrected chi connectivity index (χ4v) is 2.93. The first kappa shape index (κ1) is 14.8. The second-order valence-electron chi connectivity index (χ2n) is 3.98. The van der Waals surface area contributed by atoms with Crippen LogP contribution in [0.5, 0.6) is 0 Å². The molecule has 5 heteroatoms. The van der Waals surface area contributed by atoms with Crippen LogP contribution in [-0.2, 0) is 11.3 Å². The lowest BCUT2D eigenvalue weighted by atomic mass is 10.2. The normalized spacial score (nSPS) is 10.7. The van der Waals surface area contributed by atoms with Crippen LogP contribution in [0.3, 0.4) is 0 Å². The van der Waals surface area contributed by atoms with Crippen LogP contribution >= 0.6 is 27.3 Å². The SMILES string of the molecule is O=C(NCC=Cc1sccc1Br)OCc1ccccc1. The molecule has 0 bridgehead atoms. The van der Waals surface area contributed by atoms with E-state index in [-0.39, 0.29) is 6.61 Å². The van der Waals surface area contributed by atoms with Gasteiger partial charge >= 0.3 is 6.09 Å². The molecule has 0 unspecified atom stereocenters. The molecule has 0 aliphatic heterocycles. The van der Waals surface area contributed by atoms with Crippen LogP contribution in [0.15, 0.2) is 52.3 Å².